The third kappa shape index (κ3) is 4.90. The molecule has 2 heterocycles. The summed E-state index contributed by atoms with van der Waals surface area (Å²) >= 11 is 0. The van der Waals surface area contributed by atoms with Crippen LogP contribution in [0, 0.1) is 5.92 Å². The topological polar surface area (TPSA) is 90.8 Å². The first-order valence-electron chi connectivity index (χ1n) is 10.5. The predicted molar refractivity (Wildman–Crippen MR) is 113 cm³/mol. The summed E-state index contributed by atoms with van der Waals surface area (Å²) in [7, 11) is 3.17. The van der Waals surface area contributed by atoms with E-state index in [0.717, 1.165) is 37.0 Å². The lowest BCUT2D eigenvalue weighted by Crippen LogP contribution is -2.36. The molecule has 0 spiro atoms. The van der Waals surface area contributed by atoms with E-state index in [2.05, 4.69) is 10.1 Å². The second-order valence-electron chi connectivity index (χ2n) is 7.65. The number of aromatic nitrogens is 2. The third-order valence-corrected chi connectivity index (χ3v) is 5.65. The number of carbonyl (C=O) groups excluding carboxylic acids is 1. The summed E-state index contributed by atoms with van der Waals surface area (Å²) in [5.74, 6) is 3.22. The number of rotatable bonds is 9. The molecule has 1 aromatic carbocycles. The van der Waals surface area contributed by atoms with Gasteiger partial charge in [-0.1, -0.05) is 18.0 Å². The van der Waals surface area contributed by atoms with E-state index in [-0.39, 0.29) is 11.8 Å². The van der Waals surface area contributed by atoms with Gasteiger partial charge in [0.05, 0.1) is 27.0 Å². The quantitative estimate of drug-likeness (QED) is 0.509. The fourth-order valence-electron chi connectivity index (χ4n) is 3.97. The summed E-state index contributed by atoms with van der Waals surface area (Å²) in [6.07, 6.45) is 6.24. The molecule has 0 radical (unpaired) electrons. The van der Waals surface area contributed by atoms with Crippen molar-refractivity contribution in [2.75, 3.05) is 20.8 Å². The maximum absolute atomic E-state index is 13.0. The zero-order valence-electron chi connectivity index (χ0n) is 17.9. The van der Waals surface area contributed by atoms with Crippen molar-refractivity contribution in [3.05, 3.63) is 48.2 Å². The minimum atomic E-state index is 0.0972. The van der Waals surface area contributed by atoms with Gasteiger partial charge in [0.1, 0.15) is 5.76 Å². The molecule has 4 rings (SSSR count). The molecule has 0 aliphatic heterocycles. The highest BCUT2D eigenvalue weighted by Crippen LogP contribution is 2.31. The van der Waals surface area contributed by atoms with Crippen LogP contribution in [-0.2, 0) is 17.8 Å². The lowest BCUT2D eigenvalue weighted by molar-refractivity contribution is -0.136. The van der Waals surface area contributed by atoms with Crippen molar-refractivity contribution in [2.45, 2.75) is 38.6 Å². The minimum Gasteiger partial charge on any atom is -0.493 e. The average Bonchev–Trinajstić information content (AvgIpc) is 3.58. The number of hydrogen-bond donors (Lipinski definition) is 0. The van der Waals surface area contributed by atoms with Gasteiger partial charge in [-0.2, -0.15) is 4.98 Å². The zero-order chi connectivity index (χ0) is 21.6. The number of benzene rings is 1. The summed E-state index contributed by atoms with van der Waals surface area (Å²) in [5, 5.41) is 4.09. The van der Waals surface area contributed by atoms with Gasteiger partial charge in [0, 0.05) is 24.4 Å². The summed E-state index contributed by atoms with van der Waals surface area (Å²) in [4.78, 5) is 19.4. The van der Waals surface area contributed by atoms with E-state index in [1.54, 1.807) is 32.6 Å². The lowest BCUT2D eigenvalue weighted by atomic mass is 10.1. The first kappa shape index (κ1) is 21.0. The number of methoxy groups -OCH3 is 2. The van der Waals surface area contributed by atoms with Crippen molar-refractivity contribution in [3.63, 3.8) is 0 Å². The molecule has 1 saturated carbocycles. The van der Waals surface area contributed by atoms with Crippen LogP contribution in [0.5, 0.6) is 11.5 Å². The number of carbonyl (C=O) groups is 1. The molecule has 8 heteroatoms. The van der Waals surface area contributed by atoms with Crippen LogP contribution in [0.3, 0.4) is 0 Å². The number of amides is 1. The lowest BCUT2D eigenvalue weighted by Gasteiger charge is -2.24. The second-order valence-corrected chi connectivity index (χ2v) is 7.65. The average molecular weight is 425 g/mol. The van der Waals surface area contributed by atoms with Gasteiger partial charge < -0.3 is 23.3 Å². The molecule has 0 saturated heterocycles. The van der Waals surface area contributed by atoms with Crippen LogP contribution in [0.25, 0.3) is 11.4 Å². The molecule has 31 heavy (non-hydrogen) atoms. The Morgan fingerprint density at radius 3 is 2.68 bits per heavy atom. The number of hydrogen-bond acceptors (Lipinski definition) is 7. The molecular weight excluding hydrogens is 398 g/mol. The maximum atomic E-state index is 13.0. The Labute approximate surface area is 181 Å². The fourth-order valence-corrected chi connectivity index (χ4v) is 3.97. The monoisotopic (exact) mass is 425 g/mol. The van der Waals surface area contributed by atoms with Crippen LogP contribution in [0.4, 0.5) is 0 Å². The van der Waals surface area contributed by atoms with E-state index in [1.807, 2.05) is 23.1 Å². The molecule has 1 amide bonds. The molecule has 0 unspecified atom stereocenters. The Balaban J connectivity index is 1.45. The van der Waals surface area contributed by atoms with Crippen LogP contribution in [0.2, 0.25) is 0 Å². The third-order valence-electron chi connectivity index (χ3n) is 5.65. The number of furan rings is 1. The molecule has 0 N–H and O–H groups in total. The van der Waals surface area contributed by atoms with Gasteiger partial charge in [0.15, 0.2) is 11.5 Å². The molecular formula is C23H27N3O5. The van der Waals surface area contributed by atoms with E-state index < -0.39 is 0 Å². The van der Waals surface area contributed by atoms with E-state index in [0.29, 0.717) is 42.7 Å². The van der Waals surface area contributed by atoms with Crippen LogP contribution >= 0.6 is 0 Å². The largest absolute Gasteiger partial charge is 0.493 e. The van der Waals surface area contributed by atoms with Crippen molar-refractivity contribution in [1.29, 1.82) is 0 Å². The molecule has 164 valence electrons. The standard InChI is InChI=1S/C23H27N3O5/c1-28-19-10-9-17(14-20(19)29-2)22-24-21(31-25-22)11-12-26(15-18-8-5-13-30-18)23(27)16-6-3-4-7-16/h5,8-10,13-14,16H,3-4,6-7,11-12,15H2,1-2H3. The Morgan fingerprint density at radius 1 is 1.16 bits per heavy atom. The molecule has 0 bridgehead atoms. The maximum Gasteiger partial charge on any atom is 0.228 e. The molecule has 8 nitrogen and oxygen atoms in total. The molecule has 1 aliphatic carbocycles. The summed E-state index contributed by atoms with van der Waals surface area (Å²) < 4.78 is 21.5. The summed E-state index contributed by atoms with van der Waals surface area (Å²) in [5.41, 5.74) is 0.766. The van der Waals surface area contributed by atoms with Gasteiger partial charge in [0.25, 0.3) is 0 Å². The molecule has 2 aromatic heterocycles. The minimum absolute atomic E-state index is 0.0972. The summed E-state index contributed by atoms with van der Waals surface area (Å²) in [6, 6.07) is 9.18. The Morgan fingerprint density at radius 2 is 1.97 bits per heavy atom. The normalized spacial score (nSPS) is 14.0. The highest BCUT2D eigenvalue weighted by molar-refractivity contribution is 5.79. The molecule has 1 fully saturated rings. The van der Waals surface area contributed by atoms with Gasteiger partial charge in [-0.3, -0.25) is 4.79 Å². The first-order valence-corrected chi connectivity index (χ1v) is 10.5. The fraction of sp³-hybridized carbons (Fsp3) is 0.435. The van der Waals surface area contributed by atoms with Crippen molar-refractivity contribution in [3.8, 4) is 22.9 Å². The van der Waals surface area contributed by atoms with Crippen LogP contribution in [0.1, 0.15) is 37.3 Å². The molecule has 0 atom stereocenters. The highest BCUT2D eigenvalue weighted by Gasteiger charge is 2.28. The SMILES string of the molecule is COc1ccc(-c2noc(CCN(Cc3ccco3)C(=O)C3CCCC3)n2)cc1OC. The number of ether oxygens (including phenoxy) is 2. The molecule has 1 aliphatic rings. The van der Waals surface area contributed by atoms with Gasteiger partial charge in [-0.25, -0.2) is 0 Å². The van der Waals surface area contributed by atoms with E-state index in [9.17, 15) is 4.79 Å². The first-order chi connectivity index (χ1) is 15.2. The molecule has 3 aromatic rings. The highest BCUT2D eigenvalue weighted by atomic mass is 16.5. The predicted octanol–water partition coefficient (Wildman–Crippen LogP) is 4.11. The van der Waals surface area contributed by atoms with Crippen LogP contribution in [-0.4, -0.2) is 41.7 Å². The van der Waals surface area contributed by atoms with E-state index in [4.69, 9.17) is 18.4 Å². The Kier molecular flexibility index (Phi) is 6.54. The van der Waals surface area contributed by atoms with Crippen LogP contribution in [0.15, 0.2) is 45.5 Å². The zero-order valence-corrected chi connectivity index (χ0v) is 17.9. The Hall–Kier alpha value is -3.29. The second kappa shape index (κ2) is 9.68. The van der Waals surface area contributed by atoms with Gasteiger partial charge >= 0.3 is 0 Å². The summed E-state index contributed by atoms with van der Waals surface area (Å²) in [6.45, 7) is 0.933. The Bertz CT molecular complexity index is 993. The smallest absolute Gasteiger partial charge is 0.228 e. The van der Waals surface area contributed by atoms with Gasteiger partial charge in [-0.15, -0.1) is 0 Å². The van der Waals surface area contributed by atoms with E-state index >= 15 is 0 Å². The van der Waals surface area contributed by atoms with Crippen LogP contribution < -0.4 is 9.47 Å². The van der Waals surface area contributed by atoms with Crippen molar-refractivity contribution >= 4 is 5.91 Å². The van der Waals surface area contributed by atoms with E-state index in [1.165, 1.54) is 0 Å². The number of nitrogens with zero attached hydrogens (tertiary/aromatic N) is 3. The van der Waals surface area contributed by atoms with Gasteiger partial charge in [-0.05, 0) is 43.2 Å². The van der Waals surface area contributed by atoms with Crippen molar-refractivity contribution in [1.82, 2.24) is 15.0 Å². The van der Waals surface area contributed by atoms with Gasteiger partial charge in [0.2, 0.25) is 17.6 Å². The van der Waals surface area contributed by atoms with Crippen molar-refractivity contribution in [2.24, 2.45) is 5.92 Å². The van der Waals surface area contributed by atoms with Crippen molar-refractivity contribution < 1.29 is 23.2 Å².